The molecule has 0 aromatic heterocycles. The maximum absolute atomic E-state index is 5.38. The van der Waals surface area contributed by atoms with E-state index >= 15 is 0 Å². The van der Waals surface area contributed by atoms with Gasteiger partial charge in [0.2, 0.25) is 0 Å². The van der Waals surface area contributed by atoms with Crippen LogP contribution in [0.5, 0.6) is 0 Å². The summed E-state index contributed by atoms with van der Waals surface area (Å²) in [5.74, 6) is 0. The van der Waals surface area contributed by atoms with Gasteiger partial charge in [0.15, 0.2) is 0 Å². The lowest BCUT2D eigenvalue weighted by molar-refractivity contribution is 1.67. The summed E-state index contributed by atoms with van der Waals surface area (Å²) in [6, 6.07) is 7.15. The molecule has 0 spiro atoms. The van der Waals surface area contributed by atoms with Gasteiger partial charge < -0.3 is 11.5 Å². The van der Waals surface area contributed by atoms with Gasteiger partial charge in [-0.15, -0.1) is 0 Å². The van der Waals surface area contributed by atoms with Crippen LogP contribution in [0.3, 0.4) is 0 Å². The van der Waals surface area contributed by atoms with Crippen molar-refractivity contribution in [3.8, 4) is 0 Å². The van der Waals surface area contributed by atoms with Crippen molar-refractivity contribution in [3.05, 3.63) is 24.3 Å². The quantitative estimate of drug-likeness (QED) is 0.584. The van der Waals surface area contributed by atoms with Crippen LogP contribution in [-0.2, 0) is 0 Å². The van der Waals surface area contributed by atoms with Crippen LogP contribution in [0.4, 0.5) is 11.4 Å². The summed E-state index contributed by atoms with van der Waals surface area (Å²) in [6.45, 7) is 0. The van der Waals surface area contributed by atoms with Gasteiger partial charge in [-0.1, -0.05) is 6.07 Å². The Morgan fingerprint density at radius 1 is 1.09 bits per heavy atom. The molecule has 0 radical (unpaired) electrons. The van der Waals surface area contributed by atoms with Crippen molar-refractivity contribution in [1.29, 1.82) is 0 Å². The molecule has 0 fully saturated rings. The number of anilines is 2. The van der Waals surface area contributed by atoms with E-state index in [2.05, 4.69) is 0 Å². The summed E-state index contributed by atoms with van der Waals surface area (Å²) in [5, 5.41) is 0. The first-order valence-electron chi connectivity index (χ1n) is 3.22. The highest BCUT2D eigenvalue weighted by atomic mass is 32.2. The van der Waals surface area contributed by atoms with Crippen LogP contribution in [0.15, 0.2) is 24.3 Å². The molecule has 1 rings (SSSR count). The molecule has 0 saturated heterocycles. The fourth-order valence-electron chi connectivity index (χ4n) is 0.559. The Labute approximate surface area is 72.0 Å². The number of rotatable bonds is 0. The highest BCUT2D eigenvalue weighted by Crippen LogP contribution is 2.06. The van der Waals surface area contributed by atoms with E-state index in [0.717, 1.165) is 0 Å². The van der Waals surface area contributed by atoms with Gasteiger partial charge in [-0.3, -0.25) is 0 Å². The highest BCUT2D eigenvalue weighted by molar-refractivity contribution is 7.97. The molecule has 1 aromatic rings. The van der Waals surface area contributed by atoms with E-state index in [1.165, 1.54) is 0 Å². The lowest BCUT2D eigenvalue weighted by Gasteiger charge is -1.91. The van der Waals surface area contributed by atoms with Gasteiger partial charge in [-0.05, 0) is 30.7 Å². The molecule has 0 aliphatic rings. The first-order chi connectivity index (χ1) is 5.20. The molecule has 0 aliphatic heterocycles. The van der Waals surface area contributed by atoms with E-state index in [9.17, 15) is 0 Å². The maximum atomic E-state index is 5.38. The van der Waals surface area contributed by atoms with Crippen LogP contribution in [0.1, 0.15) is 0 Å². The van der Waals surface area contributed by atoms with Gasteiger partial charge in [0.05, 0.1) is 0 Å². The van der Waals surface area contributed by atoms with E-state index in [4.69, 9.17) is 11.5 Å². The van der Waals surface area contributed by atoms with Crippen LogP contribution in [-0.4, -0.2) is 12.5 Å². The van der Waals surface area contributed by atoms with E-state index < -0.39 is 0 Å². The number of hydrogen-bond acceptors (Lipinski definition) is 3. The summed E-state index contributed by atoms with van der Waals surface area (Å²) in [5.41, 5.74) is 12.2. The molecule has 0 heterocycles. The second-order valence-corrected chi connectivity index (χ2v) is 2.89. The van der Waals surface area contributed by atoms with Crippen molar-refractivity contribution in [2.45, 2.75) is 0 Å². The van der Waals surface area contributed by atoms with Crippen LogP contribution in [0, 0.1) is 0 Å². The molecule has 11 heavy (non-hydrogen) atoms. The van der Waals surface area contributed by atoms with Gasteiger partial charge in [0.25, 0.3) is 0 Å². The molecule has 0 amide bonds. The van der Waals surface area contributed by atoms with Gasteiger partial charge in [-0.25, -0.2) is 0 Å². The zero-order valence-corrected chi connectivity index (χ0v) is 7.69. The molecule has 0 saturated carbocycles. The van der Waals surface area contributed by atoms with E-state index in [1.54, 1.807) is 30.0 Å². The monoisotopic (exact) mass is 170 g/mol. The van der Waals surface area contributed by atoms with E-state index in [1.807, 2.05) is 18.6 Å². The molecule has 0 aliphatic carbocycles. The summed E-state index contributed by atoms with van der Waals surface area (Å²) in [6.07, 6.45) is 4.08. The summed E-state index contributed by atoms with van der Waals surface area (Å²) in [4.78, 5) is 0. The SMILES string of the molecule is CSC.Nc1cccc(N)c1. The number of nitrogens with two attached hydrogens (primary N) is 2. The fraction of sp³-hybridized carbons (Fsp3) is 0.250. The summed E-state index contributed by atoms with van der Waals surface area (Å²) in [7, 11) is 0. The molecule has 62 valence electrons. The average molecular weight is 170 g/mol. The predicted octanol–water partition coefficient (Wildman–Crippen LogP) is 1.83. The third-order valence-electron chi connectivity index (χ3n) is 0.911. The molecular formula is C8H14N2S. The Bertz CT molecular complexity index is 184. The van der Waals surface area contributed by atoms with Crippen molar-refractivity contribution in [1.82, 2.24) is 0 Å². The first kappa shape index (κ1) is 10.2. The molecule has 0 unspecified atom stereocenters. The minimum Gasteiger partial charge on any atom is -0.399 e. The van der Waals surface area contributed by atoms with Gasteiger partial charge in [-0.2, -0.15) is 11.8 Å². The predicted molar refractivity (Wildman–Crippen MR) is 54.7 cm³/mol. The van der Waals surface area contributed by atoms with Gasteiger partial charge in [0.1, 0.15) is 0 Å². The van der Waals surface area contributed by atoms with Gasteiger partial charge in [0, 0.05) is 11.4 Å². The topological polar surface area (TPSA) is 52.0 Å². The molecule has 3 heteroatoms. The number of thioether (sulfide) groups is 1. The first-order valence-corrected chi connectivity index (χ1v) is 4.85. The van der Waals surface area contributed by atoms with Crippen molar-refractivity contribution in [2.75, 3.05) is 24.0 Å². The molecule has 1 aromatic carbocycles. The smallest absolute Gasteiger partial charge is 0.0334 e. The normalized spacial score (nSPS) is 8.18. The van der Waals surface area contributed by atoms with E-state index in [0.29, 0.717) is 11.4 Å². The Morgan fingerprint density at radius 3 is 1.64 bits per heavy atom. The van der Waals surface area contributed by atoms with Crippen molar-refractivity contribution >= 4 is 23.1 Å². The lowest BCUT2D eigenvalue weighted by Crippen LogP contribution is -1.87. The Balaban J connectivity index is 0.000000292. The van der Waals surface area contributed by atoms with Crippen molar-refractivity contribution in [3.63, 3.8) is 0 Å². The summed E-state index contributed by atoms with van der Waals surface area (Å²) >= 11 is 1.75. The zero-order valence-electron chi connectivity index (χ0n) is 6.87. The molecule has 4 N–H and O–H groups in total. The molecule has 0 bridgehead atoms. The summed E-state index contributed by atoms with van der Waals surface area (Å²) < 4.78 is 0. The van der Waals surface area contributed by atoms with Crippen LogP contribution in [0.25, 0.3) is 0 Å². The number of hydrogen-bond donors (Lipinski definition) is 2. The average Bonchev–Trinajstić information content (AvgIpc) is 1.88. The van der Waals surface area contributed by atoms with Crippen molar-refractivity contribution < 1.29 is 0 Å². The minimum atomic E-state index is 0.713. The number of nitrogen functional groups attached to an aromatic ring is 2. The third kappa shape index (κ3) is 5.61. The maximum Gasteiger partial charge on any atom is 0.0334 e. The second kappa shape index (κ2) is 5.92. The highest BCUT2D eigenvalue weighted by Gasteiger charge is 1.81. The van der Waals surface area contributed by atoms with Crippen LogP contribution in [0.2, 0.25) is 0 Å². The Kier molecular flexibility index (Phi) is 5.47. The van der Waals surface area contributed by atoms with Gasteiger partial charge >= 0.3 is 0 Å². The second-order valence-electron chi connectivity index (χ2n) is 2.08. The lowest BCUT2D eigenvalue weighted by atomic mass is 10.3. The van der Waals surface area contributed by atoms with E-state index in [-0.39, 0.29) is 0 Å². The van der Waals surface area contributed by atoms with Crippen molar-refractivity contribution in [2.24, 2.45) is 0 Å². The van der Waals surface area contributed by atoms with Crippen LogP contribution < -0.4 is 11.5 Å². The largest absolute Gasteiger partial charge is 0.399 e. The minimum absolute atomic E-state index is 0.713. The Hall–Kier alpha value is -0.830. The molecule has 0 atom stereocenters. The fourth-order valence-corrected chi connectivity index (χ4v) is 0.559. The standard InChI is InChI=1S/C6H8N2.C2H6S/c7-5-2-1-3-6(8)4-5;1-3-2/h1-4H,7-8H2;1-2H3. The Morgan fingerprint density at radius 2 is 1.45 bits per heavy atom. The molecular weight excluding hydrogens is 156 g/mol. The zero-order chi connectivity index (χ0) is 8.69. The number of benzene rings is 1. The van der Waals surface area contributed by atoms with Crippen LogP contribution >= 0.6 is 11.8 Å². The third-order valence-corrected chi connectivity index (χ3v) is 0.911. The molecule has 2 nitrogen and oxygen atoms in total.